The number of H-pyrrole nitrogens is 1. The number of hydrogen-bond donors (Lipinski definition) is 1. The number of aromatic amines is 1. The number of nitrogens with zero attached hydrogens (tertiary/aromatic N) is 1. The lowest BCUT2D eigenvalue weighted by molar-refractivity contribution is 0.554. The van der Waals surface area contributed by atoms with Gasteiger partial charge in [0, 0.05) is 18.8 Å². The molecule has 0 fully saturated rings. The predicted octanol–water partition coefficient (Wildman–Crippen LogP) is 0.128. The van der Waals surface area contributed by atoms with Crippen LogP contribution in [0.1, 0.15) is 5.69 Å². The molecule has 2 aromatic rings. The van der Waals surface area contributed by atoms with Crippen LogP contribution in [0.15, 0.2) is 20.1 Å². The molecule has 1 N–H and O–H groups in total. The first kappa shape index (κ1) is 7.85. The molecule has 0 aliphatic heterocycles. The maximum Gasteiger partial charge on any atom is 0.417 e. The maximum absolute atomic E-state index is 11.5. The highest BCUT2D eigenvalue weighted by Gasteiger charge is 2.07. The van der Waals surface area contributed by atoms with Crippen LogP contribution in [-0.2, 0) is 7.05 Å². The molecule has 0 saturated heterocycles. The third kappa shape index (κ3) is 1.00. The van der Waals surface area contributed by atoms with Gasteiger partial charge in [0.15, 0.2) is 11.1 Å². The molecular formula is C8H8N2O3. The van der Waals surface area contributed by atoms with Crippen LogP contribution >= 0.6 is 0 Å². The van der Waals surface area contributed by atoms with Crippen LogP contribution in [0.4, 0.5) is 0 Å². The Morgan fingerprint density at radius 3 is 2.85 bits per heavy atom. The van der Waals surface area contributed by atoms with Crippen molar-refractivity contribution in [1.29, 1.82) is 0 Å². The highest BCUT2D eigenvalue weighted by Crippen LogP contribution is 2.05. The number of aromatic nitrogens is 2. The number of pyridine rings is 1. The zero-order valence-corrected chi connectivity index (χ0v) is 7.25. The Kier molecular flexibility index (Phi) is 1.42. The summed E-state index contributed by atoms with van der Waals surface area (Å²) in [5, 5.41) is 0. The molecule has 0 amide bonds. The third-order valence-electron chi connectivity index (χ3n) is 2.06. The van der Waals surface area contributed by atoms with E-state index in [9.17, 15) is 9.59 Å². The molecule has 0 bridgehead atoms. The van der Waals surface area contributed by atoms with E-state index in [0.29, 0.717) is 5.58 Å². The first-order chi connectivity index (χ1) is 6.09. The number of oxazole rings is 1. The van der Waals surface area contributed by atoms with Crippen molar-refractivity contribution in [3.63, 3.8) is 0 Å². The summed E-state index contributed by atoms with van der Waals surface area (Å²) >= 11 is 0. The van der Waals surface area contributed by atoms with Crippen molar-refractivity contribution in [3.05, 3.63) is 32.7 Å². The van der Waals surface area contributed by atoms with Crippen molar-refractivity contribution in [2.45, 2.75) is 6.92 Å². The van der Waals surface area contributed by atoms with E-state index in [1.54, 1.807) is 20.0 Å². The second kappa shape index (κ2) is 2.35. The minimum atomic E-state index is -0.599. The highest BCUT2D eigenvalue weighted by molar-refractivity contribution is 5.70. The molecule has 0 unspecified atom stereocenters. The Labute approximate surface area is 72.6 Å². The van der Waals surface area contributed by atoms with E-state index >= 15 is 0 Å². The SMILES string of the molecule is Cc1cc2oc(=O)[nH]c2c(=O)n1C. The average molecular weight is 180 g/mol. The molecule has 0 spiro atoms. The van der Waals surface area contributed by atoms with E-state index in [4.69, 9.17) is 4.42 Å². The third-order valence-corrected chi connectivity index (χ3v) is 2.06. The van der Waals surface area contributed by atoms with Gasteiger partial charge in [0.05, 0.1) is 0 Å². The van der Waals surface area contributed by atoms with E-state index in [1.807, 2.05) is 0 Å². The minimum Gasteiger partial charge on any atom is -0.408 e. The summed E-state index contributed by atoms with van der Waals surface area (Å²) in [6.45, 7) is 1.77. The molecule has 13 heavy (non-hydrogen) atoms. The Balaban J connectivity index is 3.10. The molecule has 2 heterocycles. The Morgan fingerprint density at radius 1 is 1.46 bits per heavy atom. The van der Waals surface area contributed by atoms with Crippen LogP contribution in [0.25, 0.3) is 11.1 Å². The van der Waals surface area contributed by atoms with Crippen LogP contribution in [0.2, 0.25) is 0 Å². The van der Waals surface area contributed by atoms with Gasteiger partial charge in [-0.15, -0.1) is 0 Å². The molecule has 5 heteroatoms. The lowest BCUT2D eigenvalue weighted by Crippen LogP contribution is -2.19. The smallest absolute Gasteiger partial charge is 0.408 e. The van der Waals surface area contributed by atoms with E-state index < -0.39 is 5.76 Å². The predicted molar refractivity (Wildman–Crippen MR) is 46.8 cm³/mol. The molecule has 0 saturated carbocycles. The number of fused-ring (bicyclic) bond motifs is 1. The standard InChI is InChI=1S/C8H8N2O3/c1-4-3-5-6(7(11)10(4)2)9-8(12)13-5/h3H,1-2H3,(H,9,12). The molecule has 0 atom stereocenters. The molecule has 2 aromatic heterocycles. The van der Waals surface area contributed by atoms with E-state index in [0.717, 1.165) is 5.69 Å². The summed E-state index contributed by atoms with van der Waals surface area (Å²) in [7, 11) is 1.64. The molecule has 0 radical (unpaired) electrons. The quantitative estimate of drug-likeness (QED) is 0.626. The zero-order valence-electron chi connectivity index (χ0n) is 7.25. The molecule has 5 nitrogen and oxygen atoms in total. The van der Waals surface area contributed by atoms with Crippen LogP contribution < -0.4 is 11.3 Å². The minimum absolute atomic E-state index is 0.220. The van der Waals surface area contributed by atoms with E-state index in [1.165, 1.54) is 4.57 Å². The summed E-state index contributed by atoms with van der Waals surface area (Å²) in [5.41, 5.74) is 1.03. The van der Waals surface area contributed by atoms with Gasteiger partial charge in [0.1, 0.15) is 0 Å². The lowest BCUT2D eigenvalue weighted by atomic mass is 10.3. The number of rotatable bonds is 0. The molecule has 0 aliphatic carbocycles. The van der Waals surface area contributed by atoms with Gasteiger partial charge in [-0.1, -0.05) is 0 Å². The zero-order chi connectivity index (χ0) is 9.59. The normalized spacial score (nSPS) is 10.9. The van der Waals surface area contributed by atoms with Crippen LogP contribution in [0, 0.1) is 6.92 Å². The van der Waals surface area contributed by atoms with Gasteiger partial charge < -0.3 is 8.98 Å². The van der Waals surface area contributed by atoms with Crippen molar-refractivity contribution in [1.82, 2.24) is 9.55 Å². The first-order valence-electron chi connectivity index (χ1n) is 3.79. The van der Waals surface area contributed by atoms with Crippen LogP contribution in [0.3, 0.4) is 0 Å². The molecule has 68 valence electrons. The van der Waals surface area contributed by atoms with Crippen molar-refractivity contribution in [2.75, 3.05) is 0 Å². The second-order valence-electron chi connectivity index (χ2n) is 2.90. The van der Waals surface area contributed by atoms with Crippen molar-refractivity contribution in [3.8, 4) is 0 Å². The highest BCUT2D eigenvalue weighted by atomic mass is 16.4. The summed E-state index contributed by atoms with van der Waals surface area (Å²) in [6, 6.07) is 1.65. The van der Waals surface area contributed by atoms with Gasteiger partial charge in [-0.25, -0.2) is 4.79 Å². The summed E-state index contributed by atoms with van der Waals surface area (Å²) in [6.07, 6.45) is 0. The molecule has 0 aliphatic rings. The largest absolute Gasteiger partial charge is 0.417 e. The summed E-state index contributed by atoms with van der Waals surface area (Å²) in [4.78, 5) is 24.6. The monoisotopic (exact) mass is 180 g/mol. The molecule has 2 rings (SSSR count). The van der Waals surface area contributed by atoms with Crippen LogP contribution in [0.5, 0.6) is 0 Å². The van der Waals surface area contributed by atoms with E-state index in [-0.39, 0.29) is 11.1 Å². The van der Waals surface area contributed by atoms with Gasteiger partial charge in [-0.05, 0) is 6.92 Å². The second-order valence-corrected chi connectivity index (χ2v) is 2.90. The maximum atomic E-state index is 11.5. The summed E-state index contributed by atoms with van der Waals surface area (Å²) in [5.74, 6) is -0.599. The fourth-order valence-electron chi connectivity index (χ4n) is 1.21. The summed E-state index contributed by atoms with van der Waals surface area (Å²) < 4.78 is 6.21. The molecular weight excluding hydrogens is 172 g/mol. The van der Waals surface area contributed by atoms with Crippen molar-refractivity contribution < 1.29 is 4.42 Å². The van der Waals surface area contributed by atoms with Gasteiger partial charge in [0.2, 0.25) is 0 Å². The van der Waals surface area contributed by atoms with Gasteiger partial charge >= 0.3 is 5.76 Å². The van der Waals surface area contributed by atoms with Gasteiger partial charge in [-0.2, -0.15) is 0 Å². The van der Waals surface area contributed by atoms with Gasteiger partial charge in [0.25, 0.3) is 5.56 Å². The number of nitrogens with one attached hydrogen (secondary N) is 1. The number of aryl methyl sites for hydroxylation is 1. The van der Waals surface area contributed by atoms with Crippen molar-refractivity contribution >= 4 is 11.1 Å². The first-order valence-corrected chi connectivity index (χ1v) is 3.79. The fourth-order valence-corrected chi connectivity index (χ4v) is 1.21. The van der Waals surface area contributed by atoms with Crippen LogP contribution in [-0.4, -0.2) is 9.55 Å². The average Bonchev–Trinajstić information content (AvgIpc) is 2.42. The Morgan fingerprint density at radius 2 is 2.15 bits per heavy atom. The Hall–Kier alpha value is -1.78. The number of hydrogen-bond acceptors (Lipinski definition) is 3. The lowest BCUT2D eigenvalue weighted by Gasteiger charge is -2.00. The van der Waals surface area contributed by atoms with Crippen molar-refractivity contribution in [2.24, 2.45) is 7.05 Å². The topological polar surface area (TPSA) is 68.0 Å². The Bertz CT molecular complexity index is 573. The molecule has 0 aromatic carbocycles. The van der Waals surface area contributed by atoms with Gasteiger partial charge in [-0.3, -0.25) is 9.78 Å². The fraction of sp³-hybridized carbons (Fsp3) is 0.250. The van der Waals surface area contributed by atoms with E-state index in [2.05, 4.69) is 4.98 Å².